The van der Waals surface area contributed by atoms with Crippen molar-refractivity contribution in [2.75, 3.05) is 0 Å². The van der Waals surface area contributed by atoms with Crippen LogP contribution in [0.15, 0.2) is 24.3 Å². The number of benzene rings is 1. The summed E-state index contributed by atoms with van der Waals surface area (Å²) in [6, 6.07) is 6.93. The van der Waals surface area contributed by atoms with Crippen molar-refractivity contribution in [1.29, 1.82) is 0 Å². The van der Waals surface area contributed by atoms with Crippen LogP contribution < -0.4 is 5.73 Å². The van der Waals surface area contributed by atoms with Crippen molar-refractivity contribution in [2.24, 2.45) is 5.73 Å². The quantitative estimate of drug-likeness (QED) is 0.784. The third kappa shape index (κ3) is 2.44. The van der Waals surface area contributed by atoms with E-state index in [1.54, 1.807) is 6.07 Å². The molecule has 0 fully saturated rings. The summed E-state index contributed by atoms with van der Waals surface area (Å²) in [5, 5.41) is 10.1. The minimum Gasteiger partial charge on any atom is -0.391 e. The number of aliphatic hydroxyl groups is 1. The van der Waals surface area contributed by atoms with Crippen LogP contribution in [0.25, 0.3) is 0 Å². The second-order valence-corrected chi connectivity index (χ2v) is 3.43. The van der Waals surface area contributed by atoms with Gasteiger partial charge in [0.2, 0.25) is 0 Å². The maximum absolute atomic E-state index is 9.52. The first-order valence-corrected chi connectivity index (χ1v) is 4.72. The van der Waals surface area contributed by atoms with Gasteiger partial charge in [-0.05, 0) is 18.1 Å². The topological polar surface area (TPSA) is 46.2 Å². The van der Waals surface area contributed by atoms with Gasteiger partial charge in [0.05, 0.1) is 12.1 Å². The smallest absolute Gasteiger partial charge is 0.0730 e. The Balaban J connectivity index is 2.88. The molecular weight excluding hydrogens is 186 g/mol. The summed E-state index contributed by atoms with van der Waals surface area (Å²) in [5.74, 6) is 0. The second kappa shape index (κ2) is 4.61. The van der Waals surface area contributed by atoms with Gasteiger partial charge in [-0.3, -0.25) is 0 Å². The number of aliphatic hydroxyl groups excluding tert-OH is 1. The molecule has 0 aliphatic carbocycles. The molecule has 1 aromatic rings. The molecule has 3 N–H and O–H groups in total. The summed E-state index contributed by atoms with van der Waals surface area (Å²) >= 11 is 5.93. The minimum absolute atomic E-state index is 0.390. The highest BCUT2D eigenvalue weighted by Gasteiger charge is 2.16. The standard InChI is InChI=1S/C10H14ClNO/c1-2-9(13)10(12)7-5-3-4-6-8(7)11/h3-6,9-10,13H,2,12H2,1H3/t9-,10+/m1/s1. The van der Waals surface area contributed by atoms with Crippen molar-refractivity contribution in [3.63, 3.8) is 0 Å². The first-order chi connectivity index (χ1) is 6.16. The van der Waals surface area contributed by atoms with Gasteiger partial charge >= 0.3 is 0 Å². The van der Waals surface area contributed by atoms with E-state index in [-0.39, 0.29) is 0 Å². The fraction of sp³-hybridized carbons (Fsp3) is 0.400. The van der Waals surface area contributed by atoms with E-state index >= 15 is 0 Å². The Hall–Kier alpha value is -0.570. The molecule has 0 radical (unpaired) electrons. The van der Waals surface area contributed by atoms with Crippen LogP contribution in [0.2, 0.25) is 5.02 Å². The van der Waals surface area contributed by atoms with Crippen LogP contribution in [-0.2, 0) is 0 Å². The lowest BCUT2D eigenvalue weighted by Crippen LogP contribution is -2.25. The Bertz CT molecular complexity index is 277. The Kier molecular flexibility index (Phi) is 3.72. The highest BCUT2D eigenvalue weighted by atomic mass is 35.5. The molecule has 0 heterocycles. The molecule has 0 bridgehead atoms. The summed E-state index contributed by atoms with van der Waals surface area (Å²) in [5.41, 5.74) is 6.62. The molecule has 2 nitrogen and oxygen atoms in total. The van der Waals surface area contributed by atoms with Crippen LogP contribution in [0.3, 0.4) is 0 Å². The van der Waals surface area contributed by atoms with Gasteiger partial charge in [0, 0.05) is 5.02 Å². The van der Waals surface area contributed by atoms with Crippen LogP contribution >= 0.6 is 11.6 Å². The Morgan fingerprint density at radius 2 is 2.08 bits per heavy atom. The van der Waals surface area contributed by atoms with E-state index in [4.69, 9.17) is 17.3 Å². The molecule has 72 valence electrons. The maximum atomic E-state index is 9.52. The number of halogens is 1. The molecule has 3 heteroatoms. The van der Waals surface area contributed by atoms with Gasteiger partial charge in [-0.25, -0.2) is 0 Å². The monoisotopic (exact) mass is 199 g/mol. The highest BCUT2D eigenvalue weighted by molar-refractivity contribution is 6.31. The molecule has 0 spiro atoms. The van der Waals surface area contributed by atoms with Gasteiger partial charge in [-0.15, -0.1) is 0 Å². The van der Waals surface area contributed by atoms with Crippen molar-refractivity contribution in [1.82, 2.24) is 0 Å². The van der Waals surface area contributed by atoms with E-state index in [1.807, 2.05) is 25.1 Å². The number of hydrogen-bond donors (Lipinski definition) is 2. The average Bonchev–Trinajstić information content (AvgIpc) is 2.16. The lowest BCUT2D eigenvalue weighted by molar-refractivity contribution is 0.141. The zero-order valence-electron chi connectivity index (χ0n) is 7.57. The van der Waals surface area contributed by atoms with Gasteiger partial charge in [0.25, 0.3) is 0 Å². The van der Waals surface area contributed by atoms with Gasteiger partial charge in [0.15, 0.2) is 0 Å². The fourth-order valence-corrected chi connectivity index (χ4v) is 1.47. The molecule has 0 aromatic heterocycles. The lowest BCUT2D eigenvalue weighted by atomic mass is 10.0. The summed E-state index contributed by atoms with van der Waals surface area (Å²) < 4.78 is 0. The van der Waals surface area contributed by atoms with E-state index in [1.165, 1.54) is 0 Å². The van der Waals surface area contributed by atoms with E-state index in [9.17, 15) is 5.11 Å². The predicted molar refractivity (Wildman–Crippen MR) is 54.7 cm³/mol. The average molecular weight is 200 g/mol. The Labute approximate surface area is 83.3 Å². The predicted octanol–water partition coefficient (Wildman–Crippen LogP) is 2.11. The highest BCUT2D eigenvalue weighted by Crippen LogP contribution is 2.23. The van der Waals surface area contributed by atoms with Crippen molar-refractivity contribution >= 4 is 11.6 Å². The third-order valence-corrected chi connectivity index (χ3v) is 2.44. The molecular formula is C10H14ClNO. The van der Waals surface area contributed by atoms with Gasteiger partial charge < -0.3 is 10.8 Å². The van der Waals surface area contributed by atoms with Gasteiger partial charge in [0.1, 0.15) is 0 Å². The van der Waals surface area contributed by atoms with Crippen LogP contribution in [0.5, 0.6) is 0 Å². The van der Waals surface area contributed by atoms with Crippen molar-refractivity contribution < 1.29 is 5.11 Å². The summed E-state index contributed by atoms with van der Waals surface area (Å²) in [6.07, 6.45) is 0.103. The molecule has 0 saturated heterocycles. The van der Waals surface area contributed by atoms with Crippen molar-refractivity contribution in [3.05, 3.63) is 34.9 Å². The van der Waals surface area contributed by atoms with E-state index in [0.29, 0.717) is 11.4 Å². The normalized spacial score (nSPS) is 15.4. The Morgan fingerprint density at radius 3 is 2.62 bits per heavy atom. The number of nitrogens with two attached hydrogens (primary N) is 1. The molecule has 1 aromatic carbocycles. The molecule has 2 atom stereocenters. The van der Waals surface area contributed by atoms with Gasteiger partial charge in [-0.2, -0.15) is 0 Å². The number of hydrogen-bond acceptors (Lipinski definition) is 2. The third-order valence-electron chi connectivity index (χ3n) is 2.10. The lowest BCUT2D eigenvalue weighted by Gasteiger charge is -2.18. The van der Waals surface area contributed by atoms with E-state index in [2.05, 4.69) is 0 Å². The Morgan fingerprint density at radius 1 is 1.46 bits per heavy atom. The maximum Gasteiger partial charge on any atom is 0.0730 e. The van der Waals surface area contributed by atoms with Crippen molar-refractivity contribution in [3.8, 4) is 0 Å². The molecule has 1 rings (SSSR count). The van der Waals surface area contributed by atoms with E-state index in [0.717, 1.165) is 5.56 Å². The van der Waals surface area contributed by atoms with Crippen molar-refractivity contribution in [2.45, 2.75) is 25.5 Å². The van der Waals surface area contributed by atoms with Crippen LogP contribution in [-0.4, -0.2) is 11.2 Å². The first-order valence-electron chi connectivity index (χ1n) is 4.35. The van der Waals surface area contributed by atoms with Crippen LogP contribution in [0, 0.1) is 0 Å². The largest absolute Gasteiger partial charge is 0.391 e. The molecule has 0 aliphatic heterocycles. The first kappa shape index (κ1) is 10.5. The molecule has 0 unspecified atom stereocenters. The fourth-order valence-electron chi connectivity index (χ4n) is 1.21. The second-order valence-electron chi connectivity index (χ2n) is 3.02. The minimum atomic E-state index is -0.528. The van der Waals surface area contributed by atoms with Crippen LogP contribution in [0.1, 0.15) is 24.9 Å². The molecule has 0 amide bonds. The molecule has 13 heavy (non-hydrogen) atoms. The van der Waals surface area contributed by atoms with E-state index < -0.39 is 12.1 Å². The zero-order valence-corrected chi connectivity index (χ0v) is 8.33. The summed E-state index contributed by atoms with van der Waals surface area (Å²) in [6.45, 7) is 1.89. The summed E-state index contributed by atoms with van der Waals surface area (Å²) in [7, 11) is 0. The zero-order chi connectivity index (χ0) is 9.84. The molecule has 0 aliphatic rings. The summed E-state index contributed by atoms with van der Waals surface area (Å²) in [4.78, 5) is 0. The van der Waals surface area contributed by atoms with Crippen LogP contribution in [0.4, 0.5) is 0 Å². The SMILES string of the molecule is CC[C@@H](O)[C@@H](N)c1ccccc1Cl. The van der Waals surface area contributed by atoms with Gasteiger partial charge in [-0.1, -0.05) is 36.7 Å². The number of rotatable bonds is 3. The molecule has 0 saturated carbocycles.